The van der Waals surface area contributed by atoms with Crippen LogP contribution in [-0.4, -0.2) is 12.5 Å². The van der Waals surface area contributed by atoms with Crippen molar-refractivity contribution >= 4 is 34.0 Å². The van der Waals surface area contributed by atoms with Crippen LogP contribution in [-0.2, 0) is 4.79 Å². The number of hydrogen-bond donors (Lipinski definition) is 2. The van der Waals surface area contributed by atoms with Crippen molar-refractivity contribution < 1.29 is 4.79 Å². The number of anilines is 1. The van der Waals surface area contributed by atoms with E-state index in [2.05, 4.69) is 41.8 Å². The van der Waals surface area contributed by atoms with E-state index >= 15 is 0 Å². The average Bonchev–Trinajstić information content (AvgIpc) is 2.62. The maximum Gasteiger partial charge on any atom is 0.238 e. The molecule has 0 aliphatic carbocycles. The van der Waals surface area contributed by atoms with Crippen molar-refractivity contribution in [1.29, 1.82) is 0 Å². The van der Waals surface area contributed by atoms with Gasteiger partial charge in [0, 0.05) is 6.04 Å². The van der Waals surface area contributed by atoms with Crippen LogP contribution < -0.4 is 10.6 Å². The van der Waals surface area contributed by atoms with Crippen LogP contribution in [0.5, 0.6) is 0 Å². The molecular weight excluding hydrogens is 344 g/mol. The lowest BCUT2D eigenvalue weighted by atomic mass is 10.00. The number of carbonyl (C=O) groups is 1. The lowest BCUT2D eigenvalue weighted by molar-refractivity contribution is -0.115. The van der Waals surface area contributed by atoms with Crippen molar-refractivity contribution in [3.05, 3.63) is 76.3 Å². The van der Waals surface area contributed by atoms with Crippen molar-refractivity contribution in [2.45, 2.75) is 26.8 Å². The summed E-state index contributed by atoms with van der Waals surface area (Å²) in [5.41, 5.74) is 3.90. The molecule has 0 spiro atoms. The van der Waals surface area contributed by atoms with Gasteiger partial charge in [-0.2, -0.15) is 0 Å². The van der Waals surface area contributed by atoms with E-state index in [1.54, 1.807) is 0 Å². The van der Waals surface area contributed by atoms with Gasteiger partial charge in [-0.15, -0.1) is 0 Å². The minimum atomic E-state index is -0.106. The fraction of sp³-hybridized carbons (Fsp3) is 0.227. The van der Waals surface area contributed by atoms with Crippen molar-refractivity contribution in [3.8, 4) is 0 Å². The molecule has 3 aromatic carbocycles. The predicted molar refractivity (Wildman–Crippen MR) is 110 cm³/mol. The molecule has 0 fully saturated rings. The predicted octanol–water partition coefficient (Wildman–Crippen LogP) is 5.40. The monoisotopic (exact) mass is 366 g/mol. The molecule has 2 N–H and O–H groups in total. The summed E-state index contributed by atoms with van der Waals surface area (Å²) >= 11 is 6.27. The van der Waals surface area contributed by atoms with Crippen molar-refractivity contribution in [3.63, 3.8) is 0 Å². The first-order chi connectivity index (χ1) is 12.5. The summed E-state index contributed by atoms with van der Waals surface area (Å²) in [4.78, 5) is 12.4. The molecule has 0 aliphatic rings. The lowest BCUT2D eigenvalue weighted by Crippen LogP contribution is -2.30. The van der Waals surface area contributed by atoms with E-state index in [0.717, 1.165) is 11.1 Å². The van der Waals surface area contributed by atoms with Gasteiger partial charge in [-0.25, -0.2) is 0 Å². The van der Waals surface area contributed by atoms with Gasteiger partial charge in [0.05, 0.1) is 17.3 Å². The number of aryl methyl sites for hydroxylation is 2. The summed E-state index contributed by atoms with van der Waals surface area (Å²) in [5, 5.41) is 9.19. The quantitative estimate of drug-likeness (QED) is 0.634. The summed E-state index contributed by atoms with van der Waals surface area (Å²) in [6.07, 6.45) is 0. The van der Waals surface area contributed by atoms with E-state index in [0.29, 0.717) is 10.7 Å². The third-order valence-corrected chi connectivity index (χ3v) is 4.85. The highest BCUT2D eigenvalue weighted by Crippen LogP contribution is 2.27. The average molecular weight is 367 g/mol. The Morgan fingerprint density at radius 2 is 1.81 bits per heavy atom. The minimum absolute atomic E-state index is 0.0569. The van der Waals surface area contributed by atoms with Gasteiger partial charge in [0.25, 0.3) is 0 Å². The molecule has 0 saturated carbocycles. The molecule has 0 saturated heterocycles. The molecule has 0 bridgehead atoms. The highest BCUT2D eigenvalue weighted by atomic mass is 35.5. The van der Waals surface area contributed by atoms with Crippen LogP contribution in [0.3, 0.4) is 0 Å². The molecule has 0 aromatic heterocycles. The largest absolute Gasteiger partial charge is 0.323 e. The highest BCUT2D eigenvalue weighted by molar-refractivity contribution is 6.34. The number of amides is 1. The van der Waals surface area contributed by atoms with Crippen molar-refractivity contribution in [1.82, 2.24) is 5.32 Å². The first kappa shape index (κ1) is 18.4. The second-order valence-corrected chi connectivity index (χ2v) is 7.06. The maximum absolute atomic E-state index is 12.4. The topological polar surface area (TPSA) is 41.1 Å². The number of nitrogens with one attached hydrogen (secondary N) is 2. The second-order valence-electron chi connectivity index (χ2n) is 6.66. The zero-order chi connectivity index (χ0) is 18.7. The van der Waals surface area contributed by atoms with Gasteiger partial charge in [0.1, 0.15) is 0 Å². The Bertz CT molecular complexity index is 924. The normalized spacial score (nSPS) is 12.2. The Kier molecular flexibility index (Phi) is 5.60. The van der Waals surface area contributed by atoms with E-state index in [-0.39, 0.29) is 18.5 Å². The molecule has 0 aliphatic heterocycles. The van der Waals surface area contributed by atoms with Gasteiger partial charge >= 0.3 is 0 Å². The third-order valence-electron chi connectivity index (χ3n) is 4.55. The van der Waals surface area contributed by atoms with Crippen molar-refractivity contribution in [2.75, 3.05) is 11.9 Å². The number of halogens is 1. The van der Waals surface area contributed by atoms with Crippen LogP contribution in [0.4, 0.5) is 5.69 Å². The Labute approximate surface area is 159 Å². The van der Waals surface area contributed by atoms with Crippen LogP contribution in [0.1, 0.15) is 29.7 Å². The zero-order valence-corrected chi connectivity index (χ0v) is 16.0. The van der Waals surface area contributed by atoms with Gasteiger partial charge < -0.3 is 10.6 Å². The maximum atomic E-state index is 12.4. The van der Waals surface area contributed by atoms with Crippen LogP contribution in [0.25, 0.3) is 10.8 Å². The third kappa shape index (κ3) is 4.06. The number of benzene rings is 3. The van der Waals surface area contributed by atoms with E-state index in [1.165, 1.54) is 16.3 Å². The number of carbonyl (C=O) groups excluding carboxylic acids is 1. The molecule has 26 heavy (non-hydrogen) atoms. The SMILES string of the molecule is Cc1cc(C)c(NC(=O)CN[C@@H](C)c2cccc3ccccc23)c(Cl)c1. The Hall–Kier alpha value is -2.36. The molecule has 3 aromatic rings. The number of hydrogen-bond acceptors (Lipinski definition) is 2. The molecule has 0 radical (unpaired) electrons. The standard InChI is InChI=1S/C22H23ClN2O/c1-14-11-15(2)22(20(23)12-14)25-21(26)13-24-16(3)18-10-6-8-17-7-4-5-9-19(17)18/h4-12,16,24H,13H2,1-3H3,(H,25,26)/t16-/m0/s1. The first-order valence-electron chi connectivity index (χ1n) is 8.73. The summed E-state index contributed by atoms with van der Waals surface area (Å²) in [6.45, 7) is 6.21. The fourth-order valence-corrected chi connectivity index (χ4v) is 3.61. The number of fused-ring (bicyclic) bond motifs is 1. The molecular formula is C22H23ClN2O. The van der Waals surface area contributed by atoms with Gasteiger partial charge in [0.15, 0.2) is 0 Å². The van der Waals surface area contributed by atoms with E-state index in [9.17, 15) is 4.79 Å². The van der Waals surface area contributed by atoms with Crippen LogP contribution >= 0.6 is 11.6 Å². The minimum Gasteiger partial charge on any atom is -0.323 e. The fourth-order valence-electron chi connectivity index (χ4n) is 3.24. The zero-order valence-electron chi connectivity index (χ0n) is 15.3. The molecule has 3 rings (SSSR count). The first-order valence-corrected chi connectivity index (χ1v) is 9.11. The van der Waals surface area contributed by atoms with E-state index < -0.39 is 0 Å². The number of rotatable bonds is 5. The molecule has 4 heteroatoms. The van der Waals surface area contributed by atoms with Gasteiger partial charge in [-0.1, -0.05) is 60.1 Å². The summed E-state index contributed by atoms with van der Waals surface area (Å²) < 4.78 is 0. The molecule has 0 unspecified atom stereocenters. The van der Waals surface area contributed by atoms with Gasteiger partial charge in [-0.3, -0.25) is 4.79 Å². The van der Waals surface area contributed by atoms with Crippen LogP contribution in [0, 0.1) is 13.8 Å². The molecule has 0 heterocycles. The smallest absolute Gasteiger partial charge is 0.238 e. The Morgan fingerprint density at radius 3 is 2.58 bits per heavy atom. The molecule has 3 nitrogen and oxygen atoms in total. The van der Waals surface area contributed by atoms with Crippen molar-refractivity contribution in [2.24, 2.45) is 0 Å². The van der Waals surface area contributed by atoms with Crippen LogP contribution in [0.15, 0.2) is 54.6 Å². The van der Waals surface area contributed by atoms with Gasteiger partial charge in [0.2, 0.25) is 5.91 Å². The molecule has 1 amide bonds. The van der Waals surface area contributed by atoms with Crippen LogP contribution in [0.2, 0.25) is 5.02 Å². The summed E-state index contributed by atoms with van der Waals surface area (Å²) in [7, 11) is 0. The molecule has 134 valence electrons. The van der Waals surface area contributed by atoms with E-state index in [4.69, 9.17) is 11.6 Å². The Morgan fingerprint density at radius 1 is 1.08 bits per heavy atom. The highest BCUT2D eigenvalue weighted by Gasteiger charge is 2.13. The Balaban J connectivity index is 1.68. The van der Waals surface area contributed by atoms with E-state index in [1.807, 2.05) is 44.2 Å². The summed E-state index contributed by atoms with van der Waals surface area (Å²) in [5.74, 6) is -0.106. The molecule has 1 atom stereocenters. The van der Waals surface area contributed by atoms with Gasteiger partial charge in [-0.05, 0) is 54.3 Å². The second kappa shape index (κ2) is 7.90. The lowest BCUT2D eigenvalue weighted by Gasteiger charge is -2.17. The summed E-state index contributed by atoms with van der Waals surface area (Å²) in [6, 6.07) is 18.4.